The number of amides is 1. The molecule has 2 aromatic rings. The van der Waals surface area contributed by atoms with Crippen LogP contribution >= 0.6 is 0 Å². The highest BCUT2D eigenvalue weighted by Gasteiger charge is 2.34. The molecule has 5 nitrogen and oxygen atoms in total. The molecule has 0 unspecified atom stereocenters. The summed E-state index contributed by atoms with van der Waals surface area (Å²) in [5, 5.41) is 0.999. The third-order valence-electron chi connectivity index (χ3n) is 3.99. The van der Waals surface area contributed by atoms with Gasteiger partial charge in [-0.3, -0.25) is 4.79 Å². The standard InChI is InChI=1S/C18H15F2NO4S/c1-25-14-7-5-12(6-8-14)21(13-9-10-26(23,24)11-13)18(22)17-15(19)3-2-4-16(17)20/h2-10,13H,11H2,1H3/t13-/m1/s1. The van der Waals surface area contributed by atoms with Gasteiger partial charge in [0.25, 0.3) is 5.91 Å². The highest BCUT2D eigenvalue weighted by atomic mass is 32.2. The number of carbonyl (C=O) groups excluding carboxylic acids is 1. The number of carbonyl (C=O) groups is 1. The topological polar surface area (TPSA) is 63.7 Å². The van der Waals surface area contributed by atoms with E-state index < -0.39 is 39.0 Å². The Morgan fingerprint density at radius 2 is 1.73 bits per heavy atom. The van der Waals surface area contributed by atoms with Crippen molar-refractivity contribution in [2.24, 2.45) is 0 Å². The molecule has 2 aromatic carbocycles. The van der Waals surface area contributed by atoms with Crippen LogP contribution in [0.5, 0.6) is 5.75 Å². The number of ether oxygens (including phenoxy) is 1. The first-order valence-corrected chi connectivity index (χ1v) is 9.36. The molecule has 26 heavy (non-hydrogen) atoms. The second-order valence-electron chi connectivity index (χ2n) is 5.70. The minimum atomic E-state index is -3.48. The summed E-state index contributed by atoms with van der Waals surface area (Å²) in [4.78, 5) is 14.0. The third kappa shape index (κ3) is 3.45. The Labute approximate surface area is 149 Å². The van der Waals surface area contributed by atoms with Crippen molar-refractivity contribution in [2.75, 3.05) is 17.8 Å². The van der Waals surface area contributed by atoms with Crippen LogP contribution in [0.15, 0.2) is 53.9 Å². The van der Waals surface area contributed by atoms with E-state index in [9.17, 15) is 22.0 Å². The van der Waals surface area contributed by atoms with Gasteiger partial charge in [0, 0.05) is 11.1 Å². The van der Waals surface area contributed by atoms with Gasteiger partial charge in [-0.1, -0.05) is 6.07 Å². The van der Waals surface area contributed by atoms with Gasteiger partial charge in [0.2, 0.25) is 0 Å². The number of nitrogens with zero attached hydrogens (tertiary/aromatic N) is 1. The first-order chi connectivity index (χ1) is 12.3. The predicted octanol–water partition coefficient (Wildman–Crippen LogP) is 2.93. The number of anilines is 1. The predicted molar refractivity (Wildman–Crippen MR) is 92.9 cm³/mol. The molecule has 1 aliphatic rings. The van der Waals surface area contributed by atoms with Crippen molar-refractivity contribution in [3.8, 4) is 5.75 Å². The van der Waals surface area contributed by atoms with E-state index in [1.54, 1.807) is 12.1 Å². The maximum atomic E-state index is 14.1. The zero-order valence-electron chi connectivity index (χ0n) is 13.7. The molecule has 3 rings (SSSR count). The van der Waals surface area contributed by atoms with Crippen LogP contribution in [0, 0.1) is 11.6 Å². The largest absolute Gasteiger partial charge is 0.497 e. The highest BCUT2D eigenvalue weighted by molar-refractivity contribution is 7.94. The van der Waals surface area contributed by atoms with Crippen LogP contribution in [0.25, 0.3) is 0 Å². The fourth-order valence-electron chi connectivity index (χ4n) is 2.74. The van der Waals surface area contributed by atoms with E-state index in [4.69, 9.17) is 4.74 Å². The van der Waals surface area contributed by atoms with E-state index in [1.165, 1.54) is 25.3 Å². The molecule has 0 spiro atoms. The van der Waals surface area contributed by atoms with Crippen LogP contribution in [0.3, 0.4) is 0 Å². The number of benzene rings is 2. The molecule has 0 aromatic heterocycles. The summed E-state index contributed by atoms with van der Waals surface area (Å²) in [5.41, 5.74) is -0.439. The van der Waals surface area contributed by atoms with Gasteiger partial charge in [-0.25, -0.2) is 17.2 Å². The highest BCUT2D eigenvalue weighted by Crippen LogP contribution is 2.28. The van der Waals surface area contributed by atoms with Crippen LogP contribution < -0.4 is 9.64 Å². The van der Waals surface area contributed by atoms with Crippen LogP contribution in [0.1, 0.15) is 10.4 Å². The van der Waals surface area contributed by atoms with E-state index >= 15 is 0 Å². The fourth-order valence-corrected chi connectivity index (χ4v) is 4.01. The SMILES string of the molecule is COc1ccc(N(C(=O)c2c(F)cccc2F)[C@@H]2C=CS(=O)(=O)C2)cc1. The molecule has 0 radical (unpaired) electrons. The van der Waals surface area contributed by atoms with E-state index in [0.29, 0.717) is 11.4 Å². The number of hydrogen-bond acceptors (Lipinski definition) is 4. The number of rotatable bonds is 4. The molecule has 0 fully saturated rings. The lowest BCUT2D eigenvalue weighted by molar-refractivity contribution is 0.0975. The van der Waals surface area contributed by atoms with E-state index in [0.717, 1.165) is 28.5 Å². The van der Waals surface area contributed by atoms with E-state index in [1.807, 2.05) is 0 Å². The minimum Gasteiger partial charge on any atom is -0.497 e. The smallest absolute Gasteiger partial charge is 0.264 e. The van der Waals surface area contributed by atoms with Crippen LogP contribution in [-0.4, -0.2) is 33.2 Å². The number of halogens is 2. The van der Waals surface area contributed by atoms with Gasteiger partial charge in [-0.15, -0.1) is 0 Å². The third-order valence-corrected chi connectivity index (χ3v) is 5.37. The fraction of sp³-hybridized carbons (Fsp3) is 0.167. The average Bonchev–Trinajstić information content (AvgIpc) is 2.95. The van der Waals surface area contributed by atoms with Crippen molar-refractivity contribution >= 4 is 21.4 Å². The van der Waals surface area contributed by atoms with Gasteiger partial charge in [0.1, 0.15) is 22.9 Å². The minimum absolute atomic E-state index is 0.296. The Hall–Kier alpha value is -2.74. The second-order valence-corrected chi connectivity index (χ2v) is 7.63. The quantitative estimate of drug-likeness (QED) is 0.819. The number of methoxy groups -OCH3 is 1. The molecule has 0 N–H and O–H groups in total. The van der Waals surface area contributed by atoms with Crippen molar-refractivity contribution < 1.29 is 26.7 Å². The molecule has 1 amide bonds. The molecule has 1 aliphatic heterocycles. The van der Waals surface area contributed by atoms with Gasteiger partial charge >= 0.3 is 0 Å². The first kappa shape index (κ1) is 18.1. The van der Waals surface area contributed by atoms with Gasteiger partial charge in [-0.05, 0) is 42.5 Å². The van der Waals surface area contributed by atoms with Crippen molar-refractivity contribution in [1.82, 2.24) is 0 Å². The van der Waals surface area contributed by atoms with Gasteiger partial charge in [0.05, 0.1) is 18.9 Å². The molecule has 0 aliphatic carbocycles. The lowest BCUT2D eigenvalue weighted by atomic mass is 10.1. The summed E-state index contributed by atoms with van der Waals surface area (Å²) in [6.07, 6.45) is 1.33. The van der Waals surface area contributed by atoms with Crippen LogP contribution in [0.2, 0.25) is 0 Å². The summed E-state index contributed by atoms with van der Waals surface area (Å²) in [6, 6.07) is 8.41. The molecule has 0 saturated heterocycles. The molecule has 1 heterocycles. The molecule has 8 heteroatoms. The lowest BCUT2D eigenvalue weighted by Gasteiger charge is -2.28. The van der Waals surface area contributed by atoms with Crippen molar-refractivity contribution in [3.05, 3.63) is 71.1 Å². The molecule has 1 atom stereocenters. The van der Waals surface area contributed by atoms with E-state index in [-0.39, 0.29) is 5.75 Å². The lowest BCUT2D eigenvalue weighted by Crippen LogP contribution is -2.42. The number of sulfone groups is 1. The Kier molecular flexibility index (Phi) is 4.78. The number of hydrogen-bond donors (Lipinski definition) is 0. The normalized spacial score (nSPS) is 17.9. The Bertz CT molecular complexity index is 951. The molecular formula is C18H15F2NO4S. The zero-order valence-corrected chi connectivity index (χ0v) is 14.5. The Morgan fingerprint density at radius 3 is 2.23 bits per heavy atom. The maximum Gasteiger partial charge on any atom is 0.264 e. The summed E-state index contributed by atoms with van der Waals surface area (Å²) in [6.45, 7) is 0. The monoisotopic (exact) mass is 379 g/mol. The molecule has 136 valence electrons. The zero-order chi connectivity index (χ0) is 18.9. The summed E-state index contributed by atoms with van der Waals surface area (Å²) in [5.74, 6) is -2.83. The Morgan fingerprint density at radius 1 is 1.12 bits per heavy atom. The molecular weight excluding hydrogens is 364 g/mol. The maximum absolute atomic E-state index is 14.1. The van der Waals surface area contributed by atoms with Gasteiger partial charge in [0.15, 0.2) is 9.84 Å². The summed E-state index contributed by atoms with van der Waals surface area (Å²) in [7, 11) is -2.01. The summed E-state index contributed by atoms with van der Waals surface area (Å²) >= 11 is 0. The van der Waals surface area contributed by atoms with Crippen LogP contribution in [0.4, 0.5) is 14.5 Å². The van der Waals surface area contributed by atoms with Crippen molar-refractivity contribution in [2.45, 2.75) is 6.04 Å². The second kappa shape index (κ2) is 6.87. The van der Waals surface area contributed by atoms with Gasteiger partial charge in [-0.2, -0.15) is 0 Å². The van der Waals surface area contributed by atoms with Crippen molar-refractivity contribution in [3.63, 3.8) is 0 Å². The summed E-state index contributed by atoms with van der Waals surface area (Å²) < 4.78 is 56.8. The molecule has 0 bridgehead atoms. The Balaban J connectivity index is 2.08. The van der Waals surface area contributed by atoms with Crippen LogP contribution in [-0.2, 0) is 9.84 Å². The van der Waals surface area contributed by atoms with E-state index in [2.05, 4.69) is 0 Å². The van der Waals surface area contributed by atoms with Crippen molar-refractivity contribution in [1.29, 1.82) is 0 Å². The van der Waals surface area contributed by atoms with Gasteiger partial charge < -0.3 is 9.64 Å². The first-order valence-electron chi connectivity index (χ1n) is 7.65. The average molecular weight is 379 g/mol. The molecule has 0 saturated carbocycles.